The van der Waals surface area contributed by atoms with Gasteiger partial charge in [-0.25, -0.2) is 14.8 Å². The van der Waals surface area contributed by atoms with E-state index in [4.69, 9.17) is 4.74 Å². The van der Waals surface area contributed by atoms with Crippen LogP contribution in [0.2, 0.25) is 0 Å². The van der Waals surface area contributed by atoms with Crippen LogP contribution < -0.4 is 5.32 Å². The van der Waals surface area contributed by atoms with Gasteiger partial charge >= 0.3 is 5.97 Å². The van der Waals surface area contributed by atoms with E-state index in [0.29, 0.717) is 22.2 Å². The number of hydrogen-bond donors (Lipinski definition) is 2. The minimum atomic E-state index is -0.548. The first kappa shape index (κ1) is 19.7. The minimum Gasteiger partial charge on any atom is -0.462 e. The van der Waals surface area contributed by atoms with Crippen LogP contribution >= 0.6 is 11.8 Å². The maximum Gasteiger partial charge on any atom is 0.343 e. The number of rotatable bonds is 9. The van der Waals surface area contributed by atoms with E-state index in [1.54, 1.807) is 13.8 Å². The second-order valence-corrected chi connectivity index (χ2v) is 6.46. The zero-order valence-electron chi connectivity index (χ0n) is 14.6. The van der Waals surface area contributed by atoms with E-state index in [1.807, 2.05) is 13.2 Å². The first-order valence-electron chi connectivity index (χ1n) is 7.89. The molecule has 0 radical (unpaired) electrons. The number of carbonyl (C=O) groups is 1. The van der Waals surface area contributed by atoms with Crippen molar-refractivity contribution in [1.29, 1.82) is 0 Å². The van der Waals surface area contributed by atoms with Crippen LogP contribution in [0.4, 0.5) is 5.82 Å². The molecule has 1 atom stereocenters. The molecule has 0 amide bonds. The Balaban J connectivity index is 3.25. The molecule has 130 valence electrons. The highest BCUT2D eigenvalue weighted by Crippen LogP contribution is 2.26. The lowest BCUT2D eigenvalue weighted by atomic mass is 9.95. The Kier molecular flexibility index (Phi) is 7.78. The SMILES string of the molecule is CCCCC(C)(CO)Nc1nc(SC)nc(C)c1C(=O)OCC. The highest BCUT2D eigenvalue weighted by atomic mass is 32.2. The van der Waals surface area contributed by atoms with Gasteiger partial charge in [-0.05, 0) is 33.4 Å². The van der Waals surface area contributed by atoms with Crippen molar-refractivity contribution in [3.05, 3.63) is 11.3 Å². The molecule has 6 nitrogen and oxygen atoms in total. The van der Waals surface area contributed by atoms with Crippen LogP contribution in [0, 0.1) is 6.92 Å². The van der Waals surface area contributed by atoms with Crippen LogP contribution in [0.25, 0.3) is 0 Å². The molecule has 0 fully saturated rings. The van der Waals surface area contributed by atoms with Gasteiger partial charge in [0, 0.05) is 0 Å². The maximum atomic E-state index is 12.3. The van der Waals surface area contributed by atoms with Crippen molar-refractivity contribution >= 4 is 23.5 Å². The Morgan fingerprint density at radius 2 is 2.09 bits per heavy atom. The van der Waals surface area contributed by atoms with Crippen LogP contribution in [0.15, 0.2) is 5.16 Å². The fraction of sp³-hybridized carbons (Fsp3) is 0.688. The summed E-state index contributed by atoms with van der Waals surface area (Å²) < 4.78 is 5.12. The number of ether oxygens (including phenoxy) is 1. The van der Waals surface area contributed by atoms with Crippen molar-refractivity contribution < 1.29 is 14.6 Å². The predicted molar refractivity (Wildman–Crippen MR) is 93.1 cm³/mol. The first-order valence-corrected chi connectivity index (χ1v) is 9.12. The van der Waals surface area contributed by atoms with E-state index in [0.717, 1.165) is 19.3 Å². The molecule has 1 aromatic heterocycles. The summed E-state index contributed by atoms with van der Waals surface area (Å²) in [4.78, 5) is 21.0. The number of nitrogens with zero attached hydrogens (tertiary/aromatic N) is 2. The van der Waals surface area contributed by atoms with E-state index in [2.05, 4.69) is 22.2 Å². The zero-order chi connectivity index (χ0) is 17.5. The summed E-state index contributed by atoms with van der Waals surface area (Å²) >= 11 is 1.41. The molecule has 0 spiro atoms. The summed E-state index contributed by atoms with van der Waals surface area (Å²) in [5.74, 6) is -0.0242. The van der Waals surface area contributed by atoms with Crippen LogP contribution in [0.3, 0.4) is 0 Å². The third kappa shape index (κ3) is 5.35. The smallest absolute Gasteiger partial charge is 0.343 e. The van der Waals surface area contributed by atoms with Crippen molar-refractivity contribution in [2.45, 2.75) is 57.7 Å². The predicted octanol–water partition coefficient (Wildman–Crippen LogP) is 3.04. The zero-order valence-corrected chi connectivity index (χ0v) is 15.4. The summed E-state index contributed by atoms with van der Waals surface area (Å²) in [5.41, 5.74) is 0.357. The van der Waals surface area contributed by atoms with Gasteiger partial charge < -0.3 is 15.2 Å². The summed E-state index contributed by atoms with van der Waals surface area (Å²) in [6, 6.07) is 0. The Hall–Kier alpha value is -1.34. The topological polar surface area (TPSA) is 84.3 Å². The van der Waals surface area contributed by atoms with Crippen LogP contribution in [-0.2, 0) is 4.74 Å². The minimum absolute atomic E-state index is 0.0487. The maximum absolute atomic E-state index is 12.3. The van der Waals surface area contributed by atoms with Crippen molar-refractivity contribution in [3.63, 3.8) is 0 Å². The molecule has 1 heterocycles. The Morgan fingerprint density at radius 3 is 2.61 bits per heavy atom. The quantitative estimate of drug-likeness (QED) is 0.406. The monoisotopic (exact) mass is 341 g/mol. The van der Waals surface area contributed by atoms with Gasteiger partial charge in [0.2, 0.25) is 0 Å². The number of anilines is 1. The number of aromatic nitrogens is 2. The summed E-state index contributed by atoms with van der Waals surface area (Å²) in [6.07, 6.45) is 4.66. The number of aliphatic hydroxyl groups is 1. The molecule has 1 aromatic rings. The van der Waals surface area contributed by atoms with Gasteiger partial charge in [0.25, 0.3) is 0 Å². The molecule has 1 unspecified atom stereocenters. The standard InChI is InChI=1S/C16H27N3O3S/c1-6-8-9-16(4,10-20)19-13-12(14(21)22-7-2)11(3)17-15(18-13)23-5/h20H,6-10H2,1-5H3,(H,17,18,19). The van der Waals surface area contributed by atoms with Gasteiger partial charge in [-0.1, -0.05) is 31.5 Å². The van der Waals surface area contributed by atoms with Crippen molar-refractivity contribution in [3.8, 4) is 0 Å². The van der Waals surface area contributed by atoms with Gasteiger partial charge in [-0.15, -0.1) is 0 Å². The third-order valence-electron chi connectivity index (χ3n) is 3.58. The molecule has 23 heavy (non-hydrogen) atoms. The molecule has 0 aromatic carbocycles. The number of aliphatic hydroxyl groups excluding tert-OH is 1. The van der Waals surface area contributed by atoms with Crippen molar-refractivity contribution in [2.24, 2.45) is 0 Å². The van der Waals surface area contributed by atoms with Gasteiger partial charge in [0.15, 0.2) is 5.16 Å². The summed E-state index contributed by atoms with van der Waals surface area (Å²) in [6.45, 7) is 7.79. The molecule has 7 heteroatoms. The molecule has 0 saturated carbocycles. The highest BCUT2D eigenvalue weighted by molar-refractivity contribution is 7.98. The number of aryl methyl sites for hydroxylation is 1. The number of carbonyl (C=O) groups excluding carboxylic acids is 1. The van der Waals surface area contributed by atoms with E-state index in [1.165, 1.54) is 11.8 Å². The Bertz CT molecular complexity index is 540. The Morgan fingerprint density at radius 1 is 1.39 bits per heavy atom. The normalized spacial score (nSPS) is 13.5. The lowest BCUT2D eigenvalue weighted by Crippen LogP contribution is -2.40. The number of esters is 1. The lowest BCUT2D eigenvalue weighted by molar-refractivity contribution is 0.0525. The summed E-state index contributed by atoms with van der Waals surface area (Å²) in [7, 11) is 0. The largest absolute Gasteiger partial charge is 0.462 e. The molecule has 0 saturated heterocycles. The fourth-order valence-corrected chi connectivity index (χ4v) is 2.62. The second kappa shape index (κ2) is 9.08. The Labute approximate surface area is 142 Å². The van der Waals surface area contributed by atoms with E-state index >= 15 is 0 Å². The van der Waals surface area contributed by atoms with Gasteiger partial charge in [-0.2, -0.15) is 0 Å². The van der Waals surface area contributed by atoms with E-state index < -0.39 is 11.5 Å². The lowest BCUT2D eigenvalue weighted by Gasteiger charge is -2.30. The summed E-state index contributed by atoms with van der Waals surface area (Å²) in [5, 5.41) is 13.6. The highest BCUT2D eigenvalue weighted by Gasteiger charge is 2.28. The molecular formula is C16H27N3O3S. The van der Waals surface area contributed by atoms with Crippen LogP contribution in [0.1, 0.15) is 56.1 Å². The molecule has 2 N–H and O–H groups in total. The molecule has 0 aliphatic carbocycles. The van der Waals surface area contributed by atoms with Gasteiger partial charge in [0.1, 0.15) is 11.4 Å². The third-order valence-corrected chi connectivity index (χ3v) is 4.13. The number of thioether (sulfide) groups is 1. The molecule has 0 bridgehead atoms. The van der Waals surface area contributed by atoms with Gasteiger partial charge in [-0.3, -0.25) is 0 Å². The van der Waals surface area contributed by atoms with E-state index in [9.17, 15) is 9.90 Å². The average Bonchev–Trinajstić information content (AvgIpc) is 2.52. The molecular weight excluding hydrogens is 314 g/mol. The van der Waals surface area contributed by atoms with Crippen molar-refractivity contribution in [1.82, 2.24) is 9.97 Å². The molecule has 1 rings (SSSR count). The molecule has 0 aliphatic heterocycles. The number of nitrogens with one attached hydrogen (secondary N) is 1. The first-order chi connectivity index (χ1) is 10.9. The van der Waals surface area contributed by atoms with Crippen LogP contribution in [-0.4, -0.2) is 46.1 Å². The van der Waals surface area contributed by atoms with E-state index in [-0.39, 0.29) is 13.2 Å². The average molecular weight is 341 g/mol. The number of hydrogen-bond acceptors (Lipinski definition) is 7. The van der Waals surface area contributed by atoms with Crippen LogP contribution in [0.5, 0.6) is 0 Å². The van der Waals surface area contributed by atoms with Crippen molar-refractivity contribution in [2.75, 3.05) is 24.8 Å². The second-order valence-electron chi connectivity index (χ2n) is 5.69. The molecule has 0 aliphatic rings. The fourth-order valence-electron chi connectivity index (χ4n) is 2.21. The number of unbranched alkanes of at least 4 members (excludes halogenated alkanes) is 1. The van der Waals surface area contributed by atoms with Gasteiger partial charge in [0.05, 0.1) is 24.4 Å².